The van der Waals surface area contributed by atoms with Crippen LogP contribution in [0.3, 0.4) is 0 Å². The highest BCUT2D eigenvalue weighted by Gasteiger charge is 2.07. The van der Waals surface area contributed by atoms with Crippen LogP contribution >= 0.6 is 0 Å². The van der Waals surface area contributed by atoms with E-state index in [4.69, 9.17) is 9.84 Å². The molecule has 6 heteroatoms. The molecular weight excluding hydrogens is 227 g/mol. The molecule has 0 saturated heterocycles. The minimum absolute atomic E-state index is 0.0384. The minimum atomic E-state index is -1.19. The zero-order chi connectivity index (χ0) is 12.3. The molecule has 2 rings (SSSR count). The molecule has 0 amide bonds. The highest BCUT2D eigenvalue weighted by molar-refractivity contribution is 5.84. The van der Waals surface area contributed by atoms with Crippen molar-refractivity contribution in [1.29, 1.82) is 0 Å². The SMILES string of the molecule is O=C(O)c1cncc(Oc2ccc(F)cc2)n1. The van der Waals surface area contributed by atoms with Crippen LogP contribution in [0.4, 0.5) is 4.39 Å². The highest BCUT2D eigenvalue weighted by atomic mass is 19.1. The zero-order valence-electron chi connectivity index (χ0n) is 8.50. The van der Waals surface area contributed by atoms with Crippen molar-refractivity contribution in [3.8, 4) is 11.6 Å². The molecule has 0 aliphatic carbocycles. The summed E-state index contributed by atoms with van der Waals surface area (Å²) in [5.74, 6) is -1.19. The van der Waals surface area contributed by atoms with Gasteiger partial charge in [0.25, 0.3) is 0 Å². The summed E-state index contributed by atoms with van der Waals surface area (Å²) in [4.78, 5) is 18.0. The van der Waals surface area contributed by atoms with E-state index in [9.17, 15) is 9.18 Å². The summed E-state index contributed by atoms with van der Waals surface area (Å²) in [6.45, 7) is 0. The lowest BCUT2D eigenvalue weighted by Crippen LogP contribution is -2.02. The van der Waals surface area contributed by atoms with Crippen molar-refractivity contribution < 1.29 is 19.0 Å². The number of aromatic carboxylic acids is 1. The molecule has 86 valence electrons. The Morgan fingerprint density at radius 3 is 2.59 bits per heavy atom. The van der Waals surface area contributed by atoms with Crippen molar-refractivity contribution in [2.75, 3.05) is 0 Å². The van der Waals surface area contributed by atoms with E-state index in [1.54, 1.807) is 0 Å². The molecule has 1 aromatic carbocycles. The topological polar surface area (TPSA) is 72.3 Å². The van der Waals surface area contributed by atoms with E-state index in [1.807, 2.05) is 0 Å². The van der Waals surface area contributed by atoms with Gasteiger partial charge in [0.15, 0.2) is 5.69 Å². The van der Waals surface area contributed by atoms with E-state index in [2.05, 4.69) is 9.97 Å². The number of halogens is 1. The number of benzene rings is 1. The lowest BCUT2D eigenvalue weighted by Gasteiger charge is -2.04. The Hall–Kier alpha value is -2.50. The van der Waals surface area contributed by atoms with Crippen LogP contribution in [0.15, 0.2) is 36.7 Å². The predicted molar refractivity (Wildman–Crippen MR) is 55.5 cm³/mol. The average Bonchev–Trinajstić information content (AvgIpc) is 2.32. The van der Waals surface area contributed by atoms with Crippen molar-refractivity contribution >= 4 is 5.97 Å². The number of carboxylic acid groups (broad SMARTS) is 1. The summed E-state index contributed by atoms with van der Waals surface area (Å²) < 4.78 is 17.9. The van der Waals surface area contributed by atoms with Gasteiger partial charge in [0.2, 0.25) is 5.88 Å². The number of aromatic nitrogens is 2. The normalized spacial score (nSPS) is 9.94. The molecule has 0 radical (unpaired) electrons. The second kappa shape index (κ2) is 4.56. The molecule has 5 nitrogen and oxygen atoms in total. The van der Waals surface area contributed by atoms with Crippen LogP contribution in [-0.2, 0) is 0 Å². The Bertz CT molecular complexity index is 543. The summed E-state index contributed by atoms with van der Waals surface area (Å²) >= 11 is 0. The van der Waals surface area contributed by atoms with Crippen LogP contribution in [0.25, 0.3) is 0 Å². The van der Waals surface area contributed by atoms with Gasteiger partial charge in [-0.05, 0) is 24.3 Å². The number of ether oxygens (including phenoxy) is 1. The number of carbonyl (C=O) groups is 1. The summed E-state index contributed by atoms with van der Waals surface area (Å²) in [6.07, 6.45) is 2.38. The summed E-state index contributed by atoms with van der Waals surface area (Å²) in [7, 11) is 0. The number of carboxylic acids is 1. The number of rotatable bonds is 3. The summed E-state index contributed by atoms with van der Waals surface area (Å²) in [5.41, 5.74) is -0.218. The Kier molecular flexibility index (Phi) is 2.95. The molecular formula is C11H7FN2O3. The van der Waals surface area contributed by atoms with E-state index in [0.29, 0.717) is 5.75 Å². The van der Waals surface area contributed by atoms with Crippen molar-refractivity contribution in [3.05, 3.63) is 48.2 Å². The molecule has 0 saturated carbocycles. The van der Waals surface area contributed by atoms with Crippen LogP contribution in [0.5, 0.6) is 11.6 Å². The molecule has 0 aliphatic rings. The van der Waals surface area contributed by atoms with Crippen LogP contribution in [0.1, 0.15) is 10.5 Å². The Morgan fingerprint density at radius 1 is 1.24 bits per heavy atom. The van der Waals surface area contributed by atoms with Crippen molar-refractivity contribution in [2.45, 2.75) is 0 Å². The maximum atomic E-state index is 12.6. The second-order valence-corrected chi connectivity index (χ2v) is 3.10. The minimum Gasteiger partial charge on any atom is -0.476 e. The molecule has 0 aliphatic heterocycles. The first-order valence-corrected chi connectivity index (χ1v) is 4.64. The molecule has 1 aromatic heterocycles. The first-order valence-electron chi connectivity index (χ1n) is 4.64. The van der Waals surface area contributed by atoms with Crippen molar-refractivity contribution in [2.24, 2.45) is 0 Å². The number of hydrogen-bond donors (Lipinski definition) is 1. The summed E-state index contributed by atoms with van der Waals surface area (Å²) in [5, 5.41) is 8.70. The lowest BCUT2D eigenvalue weighted by molar-refractivity contribution is 0.0689. The Balaban J connectivity index is 2.21. The number of nitrogens with zero attached hydrogens (tertiary/aromatic N) is 2. The van der Waals surface area contributed by atoms with Crippen LogP contribution in [0.2, 0.25) is 0 Å². The summed E-state index contributed by atoms with van der Waals surface area (Å²) in [6, 6.07) is 5.27. The third-order valence-electron chi connectivity index (χ3n) is 1.87. The maximum Gasteiger partial charge on any atom is 0.356 e. The van der Waals surface area contributed by atoms with Gasteiger partial charge in [0, 0.05) is 0 Å². The molecule has 0 bridgehead atoms. The third-order valence-corrected chi connectivity index (χ3v) is 1.87. The van der Waals surface area contributed by atoms with Gasteiger partial charge >= 0.3 is 5.97 Å². The fraction of sp³-hybridized carbons (Fsp3) is 0. The van der Waals surface area contributed by atoms with Gasteiger partial charge in [-0.25, -0.2) is 14.2 Å². The monoisotopic (exact) mass is 234 g/mol. The van der Waals surface area contributed by atoms with E-state index in [1.165, 1.54) is 30.5 Å². The van der Waals surface area contributed by atoms with E-state index in [0.717, 1.165) is 6.20 Å². The highest BCUT2D eigenvalue weighted by Crippen LogP contribution is 2.18. The maximum absolute atomic E-state index is 12.6. The van der Waals surface area contributed by atoms with Gasteiger partial charge in [-0.2, -0.15) is 0 Å². The molecule has 2 aromatic rings. The van der Waals surface area contributed by atoms with Gasteiger partial charge < -0.3 is 9.84 Å². The number of hydrogen-bond acceptors (Lipinski definition) is 4. The van der Waals surface area contributed by atoms with Crippen LogP contribution in [0, 0.1) is 5.82 Å². The Labute approximate surface area is 95.5 Å². The third kappa shape index (κ3) is 2.75. The Morgan fingerprint density at radius 2 is 1.94 bits per heavy atom. The average molecular weight is 234 g/mol. The van der Waals surface area contributed by atoms with Crippen LogP contribution < -0.4 is 4.74 Å². The van der Waals surface area contributed by atoms with Crippen molar-refractivity contribution in [3.63, 3.8) is 0 Å². The first kappa shape index (κ1) is 11.0. The molecule has 0 fully saturated rings. The molecule has 0 spiro atoms. The van der Waals surface area contributed by atoms with Gasteiger partial charge in [-0.3, -0.25) is 4.98 Å². The van der Waals surface area contributed by atoms with Crippen molar-refractivity contribution in [1.82, 2.24) is 9.97 Å². The molecule has 0 atom stereocenters. The fourth-order valence-electron chi connectivity index (χ4n) is 1.12. The van der Waals surface area contributed by atoms with Gasteiger partial charge in [0.05, 0.1) is 12.4 Å². The van der Waals surface area contributed by atoms with Gasteiger partial charge in [0.1, 0.15) is 11.6 Å². The van der Waals surface area contributed by atoms with E-state index < -0.39 is 5.97 Å². The second-order valence-electron chi connectivity index (χ2n) is 3.10. The molecule has 1 N–H and O–H groups in total. The molecule has 17 heavy (non-hydrogen) atoms. The lowest BCUT2D eigenvalue weighted by atomic mass is 10.3. The predicted octanol–water partition coefficient (Wildman–Crippen LogP) is 2.11. The van der Waals surface area contributed by atoms with E-state index >= 15 is 0 Å². The van der Waals surface area contributed by atoms with Crippen LogP contribution in [-0.4, -0.2) is 21.0 Å². The largest absolute Gasteiger partial charge is 0.476 e. The van der Waals surface area contributed by atoms with Gasteiger partial charge in [-0.15, -0.1) is 0 Å². The van der Waals surface area contributed by atoms with Gasteiger partial charge in [-0.1, -0.05) is 0 Å². The zero-order valence-corrected chi connectivity index (χ0v) is 8.50. The fourth-order valence-corrected chi connectivity index (χ4v) is 1.12. The quantitative estimate of drug-likeness (QED) is 0.880. The molecule has 0 unspecified atom stereocenters. The molecule has 1 heterocycles. The first-order chi connectivity index (χ1) is 8.15. The standard InChI is InChI=1S/C11H7FN2O3/c12-7-1-3-8(4-2-7)17-10-6-13-5-9(14-10)11(15)16/h1-6H,(H,15,16). The smallest absolute Gasteiger partial charge is 0.356 e. The van der Waals surface area contributed by atoms with E-state index in [-0.39, 0.29) is 17.4 Å².